The van der Waals surface area contributed by atoms with Crippen LogP contribution in [0.3, 0.4) is 0 Å². The quantitative estimate of drug-likeness (QED) is 0.209. The lowest BCUT2D eigenvalue weighted by molar-refractivity contribution is -0.384. The van der Waals surface area contributed by atoms with Crippen molar-refractivity contribution in [3.05, 3.63) is 62.1 Å². The van der Waals surface area contributed by atoms with E-state index in [4.69, 9.17) is 27.9 Å². The van der Waals surface area contributed by atoms with Crippen molar-refractivity contribution in [3.63, 3.8) is 0 Å². The van der Waals surface area contributed by atoms with E-state index in [9.17, 15) is 19.7 Å². The summed E-state index contributed by atoms with van der Waals surface area (Å²) >= 11 is 12.1. The number of nitrogens with one attached hydrogen (secondary N) is 1. The fourth-order valence-electron chi connectivity index (χ4n) is 2.95. The third-order valence-corrected chi connectivity index (χ3v) is 4.96. The number of amides is 1. The smallest absolute Gasteiger partial charge is 0.314 e. The van der Waals surface area contributed by atoms with Gasteiger partial charge in [0.2, 0.25) is 0 Å². The number of hydrogen-bond acceptors (Lipinski definition) is 5. The molecule has 0 heterocycles. The number of rotatable bonds is 9. The number of carbonyl (C=O) groups excluding carboxylic acids is 2. The van der Waals surface area contributed by atoms with Crippen LogP contribution in [0.15, 0.2) is 36.4 Å². The average molecular weight is 453 g/mol. The van der Waals surface area contributed by atoms with E-state index in [0.29, 0.717) is 12.8 Å². The minimum absolute atomic E-state index is 0.00378. The molecule has 2 rings (SSSR count). The Morgan fingerprint density at radius 3 is 2.33 bits per heavy atom. The van der Waals surface area contributed by atoms with Gasteiger partial charge in [-0.1, -0.05) is 49.9 Å². The second-order valence-corrected chi connectivity index (χ2v) is 7.55. The molecule has 0 aliphatic rings. The van der Waals surface area contributed by atoms with Crippen LogP contribution in [0.2, 0.25) is 10.0 Å². The van der Waals surface area contributed by atoms with Gasteiger partial charge in [0.1, 0.15) is 5.75 Å². The molecule has 0 unspecified atom stereocenters. The summed E-state index contributed by atoms with van der Waals surface area (Å²) in [6, 6.07) is 8.05. The first-order valence-corrected chi connectivity index (χ1v) is 10.3. The lowest BCUT2D eigenvalue weighted by Crippen LogP contribution is -2.22. The number of carbonyl (C=O) groups is 2. The molecule has 2 aromatic carbocycles. The van der Waals surface area contributed by atoms with Crippen LogP contribution in [-0.4, -0.2) is 16.8 Å². The molecule has 1 N–H and O–H groups in total. The fraction of sp³-hybridized carbons (Fsp3) is 0.333. The third-order valence-electron chi connectivity index (χ3n) is 4.42. The highest BCUT2D eigenvalue weighted by atomic mass is 35.5. The molecule has 0 saturated heterocycles. The molecule has 9 heteroatoms. The molecule has 0 fully saturated rings. The number of ether oxygens (including phenoxy) is 1. The van der Waals surface area contributed by atoms with Gasteiger partial charge in [-0.05, 0) is 37.1 Å². The lowest BCUT2D eigenvalue weighted by Gasteiger charge is -2.16. The number of hydrogen-bond donors (Lipinski definition) is 1. The Bertz CT molecular complexity index is 943. The number of benzene rings is 2. The van der Waals surface area contributed by atoms with E-state index in [1.54, 1.807) is 0 Å². The summed E-state index contributed by atoms with van der Waals surface area (Å²) in [5.74, 6) is -1.19. The van der Waals surface area contributed by atoms with Gasteiger partial charge >= 0.3 is 5.97 Å². The van der Waals surface area contributed by atoms with Crippen molar-refractivity contribution < 1.29 is 19.2 Å². The number of nitrogens with zero attached hydrogens (tertiary/aromatic N) is 1. The summed E-state index contributed by atoms with van der Waals surface area (Å²) in [5.41, 5.74) is 0.0321. The number of non-ortho nitro benzene ring substituents is 1. The molecular weight excluding hydrogens is 431 g/mol. The molecule has 0 aromatic heterocycles. The standard InChI is InChI=1S/C21H22Cl2N2O5/c1-3-5-13(6-4-2)21(27)30-19-10-7-14(22)11-16(19)20(26)24-18-9-8-15(25(28)29)12-17(18)23/h7-13H,3-6H2,1-2H3,(H,24,26). The summed E-state index contributed by atoms with van der Waals surface area (Å²) < 4.78 is 5.53. The molecule has 0 radical (unpaired) electrons. The number of nitro benzene ring substituents is 1. The lowest BCUT2D eigenvalue weighted by atomic mass is 9.98. The van der Waals surface area contributed by atoms with Gasteiger partial charge in [0.15, 0.2) is 0 Å². The van der Waals surface area contributed by atoms with Crippen molar-refractivity contribution in [3.8, 4) is 5.75 Å². The first kappa shape index (κ1) is 23.6. The first-order chi connectivity index (χ1) is 14.3. The molecule has 30 heavy (non-hydrogen) atoms. The van der Waals surface area contributed by atoms with E-state index in [-0.39, 0.29) is 38.7 Å². The Kier molecular flexibility index (Phi) is 8.62. The van der Waals surface area contributed by atoms with Crippen molar-refractivity contribution in [1.82, 2.24) is 0 Å². The molecule has 160 valence electrons. The van der Waals surface area contributed by atoms with Crippen molar-refractivity contribution in [2.24, 2.45) is 5.92 Å². The Balaban J connectivity index is 2.26. The zero-order valence-electron chi connectivity index (χ0n) is 16.6. The number of halogens is 2. The van der Waals surface area contributed by atoms with Gasteiger partial charge in [0, 0.05) is 17.2 Å². The van der Waals surface area contributed by atoms with Crippen LogP contribution in [0.5, 0.6) is 5.75 Å². The maximum absolute atomic E-state index is 12.8. The second kappa shape index (κ2) is 10.9. The predicted octanol–water partition coefficient (Wildman–Crippen LogP) is 6.28. The minimum atomic E-state index is -0.612. The van der Waals surface area contributed by atoms with Crippen LogP contribution in [0, 0.1) is 16.0 Å². The van der Waals surface area contributed by atoms with Crippen molar-refractivity contribution >= 4 is 46.5 Å². The molecule has 2 aromatic rings. The Morgan fingerprint density at radius 2 is 1.77 bits per heavy atom. The van der Waals surface area contributed by atoms with Crippen LogP contribution in [-0.2, 0) is 4.79 Å². The van der Waals surface area contributed by atoms with Crippen molar-refractivity contribution in [2.45, 2.75) is 39.5 Å². The summed E-state index contributed by atoms with van der Waals surface area (Å²) in [7, 11) is 0. The fourth-order valence-corrected chi connectivity index (χ4v) is 3.34. The Labute approximate surface area is 184 Å². The Morgan fingerprint density at radius 1 is 1.10 bits per heavy atom. The van der Waals surface area contributed by atoms with Gasteiger partial charge in [0.05, 0.1) is 27.1 Å². The second-order valence-electron chi connectivity index (χ2n) is 6.71. The van der Waals surface area contributed by atoms with E-state index in [1.807, 2.05) is 13.8 Å². The summed E-state index contributed by atoms with van der Waals surface area (Å²) in [5, 5.41) is 13.7. The minimum Gasteiger partial charge on any atom is -0.425 e. The number of esters is 1. The van der Waals surface area contributed by atoms with E-state index in [1.165, 1.54) is 30.3 Å². The van der Waals surface area contributed by atoms with Gasteiger partial charge < -0.3 is 10.1 Å². The Hall–Kier alpha value is -2.64. The first-order valence-electron chi connectivity index (χ1n) is 9.53. The largest absolute Gasteiger partial charge is 0.425 e. The molecule has 0 bridgehead atoms. The molecule has 0 aliphatic carbocycles. The predicted molar refractivity (Wildman–Crippen MR) is 116 cm³/mol. The van der Waals surface area contributed by atoms with Crippen molar-refractivity contribution in [2.75, 3.05) is 5.32 Å². The molecule has 0 atom stereocenters. The average Bonchev–Trinajstić information content (AvgIpc) is 2.70. The van der Waals surface area contributed by atoms with E-state index >= 15 is 0 Å². The van der Waals surface area contributed by atoms with Crippen LogP contribution in [0.4, 0.5) is 11.4 Å². The van der Waals surface area contributed by atoms with Crippen LogP contribution < -0.4 is 10.1 Å². The SMILES string of the molecule is CCCC(CCC)C(=O)Oc1ccc(Cl)cc1C(=O)Nc1ccc([N+](=O)[O-])cc1Cl. The molecule has 0 saturated carbocycles. The summed E-state index contributed by atoms with van der Waals surface area (Å²) in [6.45, 7) is 3.98. The topological polar surface area (TPSA) is 98.5 Å². The normalized spacial score (nSPS) is 10.7. The van der Waals surface area contributed by atoms with E-state index in [2.05, 4.69) is 5.32 Å². The highest BCUT2D eigenvalue weighted by Crippen LogP contribution is 2.30. The highest BCUT2D eigenvalue weighted by Gasteiger charge is 2.23. The van der Waals surface area contributed by atoms with Gasteiger partial charge in [-0.15, -0.1) is 0 Å². The molecular formula is C21H22Cl2N2O5. The maximum atomic E-state index is 12.8. The van der Waals surface area contributed by atoms with Gasteiger partial charge in [-0.2, -0.15) is 0 Å². The van der Waals surface area contributed by atoms with Gasteiger partial charge in [-0.3, -0.25) is 19.7 Å². The van der Waals surface area contributed by atoms with Gasteiger partial charge in [-0.25, -0.2) is 0 Å². The highest BCUT2D eigenvalue weighted by molar-refractivity contribution is 6.34. The molecule has 0 aliphatic heterocycles. The maximum Gasteiger partial charge on any atom is 0.314 e. The number of anilines is 1. The van der Waals surface area contributed by atoms with Crippen molar-refractivity contribution in [1.29, 1.82) is 0 Å². The third kappa shape index (κ3) is 6.18. The monoisotopic (exact) mass is 452 g/mol. The number of nitro groups is 1. The van der Waals surface area contributed by atoms with Crippen LogP contribution >= 0.6 is 23.2 Å². The van der Waals surface area contributed by atoms with E-state index < -0.39 is 16.8 Å². The molecule has 1 amide bonds. The zero-order chi connectivity index (χ0) is 22.3. The summed E-state index contributed by atoms with van der Waals surface area (Å²) in [6.07, 6.45) is 3.07. The van der Waals surface area contributed by atoms with Crippen LogP contribution in [0.25, 0.3) is 0 Å². The van der Waals surface area contributed by atoms with Gasteiger partial charge in [0.25, 0.3) is 11.6 Å². The zero-order valence-corrected chi connectivity index (χ0v) is 18.1. The molecule has 7 nitrogen and oxygen atoms in total. The molecule has 0 spiro atoms. The van der Waals surface area contributed by atoms with E-state index in [0.717, 1.165) is 18.9 Å². The summed E-state index contributed by atoms with van der Waals surface area (Å²) in [4.78, 5) is 35.7. The van der Waals surface area contributed by atoms with Crippen LogP contribution in [0.1, 0.15) is 49.9 Å².